The lowest BCUT2D eigenvalue weighted by molar-refractivity contribution is -0.144. The van der Waals surface area contributed by atoms with Crippen LogP contribution in [0.5, 0.6) is 0 Å². The van der Waals surface area contributed by atoms with Crippen molar-refractivity contribution in [3.8, 4) is 0 Å². The van der Waals surface area contributed by atoms with Gasteiger partial charge in [-0.25, -0.2) is 0 Å². The van der Waals surface area contributed by atoms with Crippen molar-refractivity contribution in [2.24, 2.45) is 0 Å². The Morgan fingerprint density at radius 2 is 2.12 bits per heavy atom. The van der Waals surface area contributed by atoms with Gasteiger partial charge in [-0.15, -0.1) is 23.1 Å². The highest BCUT2D eigenvalue weighted by atomic mass is 35.5. The Labute approximate surface area is 154 Å². The molecule has 1 aromatic carbocycles. The number of carbonyl (C=O) groups is 2. The van der Waals surface area contributed by atoms with Gasteiger partial charge < -0.3 is 10.1 Å². The van der Waals surface area contributed by atoms with Crippen LogP contribution in [-0.4, -0.2) is 24.2 Å². The Morgan fingerprint density at radius 3 is 2.79 bits per heavy atom. The molecule has 0 bridgehead atoms. The van der Waals surface area contributed by atoms with Gasteiger partial charge in [0.05, 0.1) is 16.5 Å². The van der Waals surface area contributed by atoms with Gasteiger partial charge in [0.15, 0.2) is 6.61 Å². The Kier molecular flexibility index (Phi) is 7.15. The largest absolute Gasteiger partial charge is 0.455 e. The molecule has 7 heteroatoms. The fourth-order valence-corrected chi connectivity index (χ4v) is 4.10. The molecule has 1 heterocycles. The van der Waals surface area contributed by atoms with E-state index in [4.69, 9.17) is 16.3 Å². The van der Waals surface area contributed by atoms with Crippen LogP contribution in [0.4, 0.5) is 5.69 Å². The molecule has 0 aliphatic carbocycles. The van der Waals surface area contributed by atoms with Crippen LogP contribution in [0.15, 0.2) is 29.6 Å². The fraction of sp³-hybridized carbons (Fsp3) is 0.294. The van der Waals surface area contributed by atoms with Crippen molar-refractivity contribution in [2.45, 2.75) is 19.6 Å². The summed E-state index contributed by atoms with van der Waals surface area (Å²) >= 11 is 9.25. The smallest absolute Gasteiger partial charge is 0.316 e. The second kappa shape index (κ2) is 9.11. The first-order chi connectivity index (χ1) is 11.5. The number of ether oxygens (including phenoxy) is 1. The number of esters is 1. The summed E-state index contributed by atoms with van der Waals surface area (Å²) in [5.41, 5.74) is 2.44. The Balaban J connectivity index is 1.73. The minimum Gasteiger partial charge on any atom is -0.455 e. The molecule has 0 unspecified atom stereocenters. The summed E-state index contributed by atoms with van der Waals surface area (Å²) in [7, 11) is 0. The van der Waals surface area contributed by atoms with Crippen LogP contribution in [0.3, 0.4) is 0 Å². The van der Waals surface area contributed by atoms with E-state index in [0.717, 1.165) is 16.9 Å². The number of carbonyl (C=O) groups excluding carboxylic acids is 2. The second-order valence-corrected chi connectivity index (χ2v) is 7.64. The molecule has 0 radical (unpaired) electrons. The minimum atomic E-state index is -0.404. The highest BCUT2D eigenvalue weighted by Crippen LogP contribution is 2.27. The Hall–Kier alpha value is -1.50. The molecular formula is C17H18ClNO3S2. The van der Waals surface area contributed by atoms with E-state index >= 15 is 0 Å². The average Bonchev–Trinajstić information content (AvgIpc) is 3.02. The summed E-state index contributed by atoms with van der Waals surface area (Å²) in [5, 5.41) is 5.15. The lowest BCUT2D eigenvalue weighted by Gasteiger charge is -2.11. The van der Waals surface area contributed by atoms with E-state index in [-0.39, 0.29) is 12.4 Å². The summed E-state index contributed by atoms with van der Waals surface area (Å²) in [6.07, 6.45) is 0. The molecule has 0 spiro atoms. The van der Waals surface area contributed by atoms with Crippen molar-refractivity contribution < 1.29 is 14.3 Å². The van der Waals surface area contributed by atoms with Crippen LogP contribution < -0.4 is 5.32 Å². The van der Waals surface area contributed by atoms with E-state index in [0.29, 0.717) is 10.7 Å². The highest BCUT2D eigenvalue weighted by molar-refractivity contribution is 7.99. The standard InChI is InChI=1S/C17H18ClNO3S2/c1-11-6-12(2)17(14(18)7-11)19-15(20)8-22-16(21)10-23-9-13-4-3-5-24-13/h3-7H,8-10H2,1-2H3,(H,19,20). The normalized spacial score (nSPS) is 10.5. The van der Waals surface area contributed by atoms with Gasteiger partial charge in [-0.3, -0.25) is 9.59 Å². The second-order valence-electron chi connectivity index (χ2n) is 5.22. The first kappa shape index (κ1) is 18.8. The number of halogens is 1. The molecule has 24 heavy (non-hydrogen) atoms. The van der Waals surface area contributed by atoms with Gasteiger partial charge in [-0.05, 0) is 42.5 Å². The van der Waals surface area contributed by atoms with Crippen molar-refractivity contribution >= 4 is 52.3 Å². The van der Waals surface area contributed by atoms with E-state index < -0.39 is 11.9 Å². The Bertz CT molecular complexity index is 694. The first-order valence-corrected chi connectivity index (χ1v) is 9.69. The van der Waals surface area contributed by atoms with E-state index in [1.54, 1.807) is 17.4 Å². The number of thioether (sulfide) groups is 1. The molecule has 2 aromatic rings. The molecule has 2 rings (SSSR count). The molecule has 0 fully saturated rings. The summed E-state index contributed by atoms with van der Waals surface area (Å²) in [6.45, 7) is 3.48. The number of anilines is 1. The number of rotatable bonds is 7. The molecule has 1 N–H and O–H groups in total. The van der Waals surface area contributed by atoms with Gasteiger partial charge >= 0.3 is 5.97 Å². The lowest BCUT2D eigenvalue weighted by Crippen LogP contribution is -2.22. The maximum absolute atomic E-state index is 11.9. The number of benzene rings is 1. The van der Waals surface area contributed by atoms with E-state index in [2.05, 4.69) is 5.32 Å². The highest BCUT2D eigenvalue weighted by Gasteiger charge is 2.12. The molecule has 0 aliphatic heterocycles. The molecule has 1 amide bonds. The monoisotopic (exact) mass is 383 g/mol. The van der Waals surface area contributed by atoms with Gasteiger partial charge in [0.1, 0.15) is 0 Å². The van der Waals surface area contributed by atoms with Crippen LogP contribution in [0.1, 0.15) is 16.0 Å². The lowest BCUT2D eigenvalue weighted by atomic mass is 10.1. The number of nitrogens with one attached hydrogen (secondary N) is 1. The molecule has 0 aliphatic rings. The van der Waals surface area contributed by atoms with E-state index in [1.807, 2.05) is 37.4 Å². The van der Waals surface area contributed by atoms with Gasteiger partial charge in [0.25, 0.3) is 5.91 Å². The van der Waals surface area contributed by atoms with Crippen molar-refractivity contribution in [1.29, 1.82) is 0 Å². The molecule has 4 nitrogen and oxygen atoms in total. The van der Waals surface area contributed by atoms with E-state index in [1.165, 1.54) is 16.6 Å². The van der Waals surface area contributed by atoms with Crippen LogP contribution in [0, 0.1) is 13.8 Å². The summed E-state index contributed by atoms with van der Waals surface area (Å²) in [5.74, 6) is 0.172. The fourth-order valence-electron chi connectivity index (χ4n) is 2.07. The van der Waals surface area contributed by atoms with Gasteiger partial charge in [-0.2, -0.15) is 0 Å². The molecule has 1 aromatic heterocycles. The maximum Gasteiger partial charge on any atom is 0.316 e. The third kappa shape index (κ3) is 5.85. The average molecular weight is 384 g/mol. The number of amides is 1. The van der Waals surface area contributed by atoms with E-state index in [9.17, 15) is 9.59 Å². The summed E-state index contributed by atoms with van der Waals surface area (Å²) < 4.78 is 4.99. The number of thiophene rings is 1. The quantitative estimate of drug-likeness (QED) is 0.718. The zero-order valence-electron chi connectivity index (χ0n) is 13.4. The molecule has 128 valence electrons. The molecule has 0 atom stereocenters. The molecule has 0 saturated heterocycles. The number of aryl methyl sites for hydroxylation is 2. The third-order valence-electron chi connectivity index (χ3n) is 3.10. The number of hydrogen-bond acceptors (Lipinski definition) is 5. The van der Waals surface area contributed by atoms with Gasteiger partial charge in [-0.1, -0.05) is 23.7 Å². The first-order valence-electron chi connectivity index (χ1n) is 7.28. The third-order valence-corrected chi connectivity index (χ3v) is 5.42. The van der Waals surface area contributed by atoms with Crippen LogP contribution in [0.2, 0.25) is 5.02 Å². The minimum absolute atomic E-state index is 0.218. The maximum atomic E-state index is 11.9. The molecular weight excluding hydrogens is 366 g/mol. The summed E-state index contributed by atoms with van der Waals surface area (Å²) in [6, 6.07) is 7.69. The topological polar surface area (TPSA) is 55.4 Å². The summed E-state index contributed by atoms with van der Waals surface area (Å²) in [4.78, 5) is 24.8. The van der Waals surface area contributed by atoms with Crippen LogP contribution in [-0.2, 0) is 20.1 Å². The SMILES string of the molecule is Cc1cc(C)c(NC(=O)COC(=O)CSCc2cccs2)c(Cl)c1. The predicted molar refractivity (Wildman–Crippen MR) is 101 cm³/mol. The van der Waals surface area contributed by atoms with Gasteiger partial charge in [0.2, 0.25) is 0 Å². The van der Waals surface area contributed by atoms with Crippen LogP contribution in [0.25, 0.3) is 0 Å². The van der Waals surface area contributed by atoms with Crippen molar-refractivity contribution in [2.75, 3.05) is 17.7 Å². The van der Waals surface area contributed by atoms with Crippen molar-refractivity contribution in [3.05, 3.63) is 50.7 Å². The van der Waals surface area contributed by atoms with Crippen molar-refractivity contribution in [3.63, 3.8) is 0 Å². The zero-order chi connectivity index (χ0) is 17.5. The van der Waals surface area contributed by atoms with Crippen molar-refractivity contribution in [1.82, 2.24) is 0 Å². The Morgan fingerprint density at radius 1 is 1.33 bits per heavy atom. The number of hydrogen-bond donors (Lipinski definition) is 1. The predicted octanol–water partition coefficient (Wildman–Crippen LogP) is 4.43. The molecule has 0 saturated carbocycles. The van der Waals surface area contributed by atoms with Gasteiger partial charge in [0, 0.05) is 10.6 Å². The van der Waals surface area contributed by atoms with Crippen LogP contribution >= 0.6 is 34.7 Å². The zero-order valence-corrected chi connectivity index (χ0v) is 15.8.